The number of rotatable bonds is 8. The number of benzene rings is 1. The van der Waals surface area contributed by atoms with Crippen molar-refractivity contribution in [3.63, 3.8) is 0 Å². The standard InChI is InChI=1S/C21H29N3O3/c1-16(2)10-18-11-19(27-23-18)13-22-21(25)12-20-15-24(8-9-26-20)14-17-6-4-3-5-7-17/h3-7,11,16,20H,8-10,12-15H2,1-2H3,(H,22,25). The van der Waals surface area contributed by atoms with Crippen LogP contribution in [0.25, 0.3) is 0 Å². The molecule has 0 aliphatic carbocycles. The van der Waals surface area contributed by atoms with Crippen molar-refractivity contribution >= 4 is 5.91 Å². The van der Waals surface area contributed by atoms with Crippen LogP contribution in [0.5, 0.6) is 0 Å². The molecule has 1 saturated heterocycles. The van der Waals surface area contributed by atoms with E-state index in [1.54, 1.807) is 0 Å². The van der Waals surface area contributed by atoms with Crippen LogP contribution in [0, 0.1) is 5.92 Å². The molecule has 0 saturated carbocycles. The second kappa shape index (κ2) is 9.67. The van der Waals surface area contributed by atoms with Crippen LogP contribution in [0.1, 0.15) is 37.3 Å². The quantitative estimate of drug-likeness (QED) is 0.773. The Kier molecular flexibility index (Phi) is 7.01. The molecule has 1 aromatic carbocycles. The summed E-state index contributed by atoms with van der Waals surface area (Å²) in [4.78, 5) is 14.6. The smallest absolute Gasteiger partial charge is 0.223 e. The van der Waals surface area contributed by atoms with E-state index in [0.717, 1.165) is 31.7 Å². The zero-order valence-electron chi connectivity index (χ0n) is 16.2. The third kappa shape index (κ3) is 6.48. The maximum Gasteiger partial charge on any atom is 0.223 e. The van der Waals surface area contributed by atoms with Gasteiger partial charge in [-0.1, -0.05) is 49.3 Å². The fourth-order valence-electron chi connectivity index (χ4n) is 3.31. The molecule has 1 fully saturated rings. The van der Waals surface area contributed by atoms with Gasteiger partial charge in [0.15, 0.2) is 5.76 Å². The molecule has 1 N–H and O–H groups in total. The summed E-state index contributed by atoms with van der Waals surface area (Å²) in [6, 6.07) is 12.3. The van der Waals surface area contributed by atoms with Gasteiger partial charge < -0.3 is 14.6 Å². The number of ether oxygens (including phenoxy) is 1. The van der Waals surface area contributed by atoms with E-state index in [4.69, 9.17) is 9.26 Å². The average molecular weight is 371 g/mol. The molecule has 0 spiro atoms. The Bertz CT molecular complexity index is 714. The Morgan fingerprint density at radius 1 is 1.33 bits per heavy atom. The molecule has 0 radical (unpaired) electrons. The van der Waals surface area contributed by atoms with Crippen LogP contribution in [0.2, 0.25) is 0 Å². The Balaban J connectivity index is 1.41. The van der Waals surface area contributed by atoms with E-state index >= 15 is 0 Å². The van der Waals surface area contributed by atoms with Gasteiger partial charge in [-0.25, -0.2) is 0 Å². The average Bonchev–Trinajstić information content (AvgIpc) is 3.08. The summed E-state index contributed by atoms with van der Waals surface area (Å²) in [5.74, 6) is 1.19. The summed E-state index contributed by atoms with van der Waals surface area (Å²) in [5.41, 5.74) is 2.21. The van der Waals surface area contributed by atoms with Gasteiger partial charge in [0.05, 0.1) is 31.4 Å². The predicted molar refractivity (Wildman–Crippen MR) is 103 cm³/mol. The number of hydrogen-bond acceptors (Lipinski definition) is 5. The van der Waals surface area contributed by atoms with E-state index in [9.17, 15) is 4.79 Å². The summed E-state index contributed by atoms with van der Waals surface area (Å²) >= 11 is 0. The van der Waals surface area contributed by atoms with E-state index in [2.05, 4.69) is 53.5 Å². The lowest BCUT2D eigenvalue weighted by Crippen LogP contribution is -2.44. The zero-order valence-corrected chi connectivity index (χ0v) is 16.2. The molecular weight excluding hydrogens is 342 g/mol. The normalized spacial score (nSPS) is 18.0. The van der Waals surface area contributed by atoms with Gasteiger partial charge in [0.25, 0.3) is 0 Å². The van der Waals surface area contributed by atoms with Crippen LogP contribution in [-0.4, -0.2) is 41.8 Å². The van der Waals surface area contributed by atoms with Crippen molar-refractivity contribution in [2.24, 2.45) is 5.92 Å². The number of aromatic nitrogens is 1. The largest absolute Gasteiger partial charge is 0.375 e. The Labute approximate surface area is 160 Å². The fraction of sp³-hybridized carbons (Fsp3) is 0.524. The number of nitrogens with one attached hydrogen (secondary N) is 1. The highest BCUT2D eigenvalue weighted by Gasteiger charge is 2.23. The molecule has 2 heterocycles. The van der Waals surface area contributed by atoms with Crippen molar-refractivity contribution in [2.75, 3.05) is 19.7 Å². The van der Waals surface area contributed by atoms with Gasteiger partial charge in [0.2, 0.25) is 5.91 Å². The lowest BCUT2D eigenvalue weighted by molar-refractivity contribution is -0.126. The first-order chi connectivity index (χ1) is 13.1. The molecule has 1 aromatic heterocycles. The number of carbonyl (C=O) groups excluding carboxylic acids is 1. The molecule has 6 heteroatoms. The van der Waals surface area contributed by atoms with Crippen LogP contribution >= 0.6 is 0 Å². The van der Waals surface area contributed by atoms with Crippen LogP contribution in [-0.2, 0) is 29.0 Å². The molecule has 146 valence electrons. The van der Waals surface area contributed by atoms with Gasteiger partial charge in [0, 0.05) is 25.7 Å². The second-order valence-electron chi connectivity index (χ2n) is 7.58. The molecule has 1 atom stereocenters. The second-order valence-corrected chi connectivity index (χ2v) is 7.58. The Morgan fingerprint density at radius 3 is 2.93 bits per heavy atom. The highest BCUT2D eigenvalue weighted by Crippen LogP contribution is 2.13. The van der Waals surface area contributed by atoms with Crippen molar-refractivity contribution in [1.82, 2.24) is 15.4 Å². The SMILES string of the molecule is CC(C)Cc1cc(CNC(=O)CC2CN(Cc3ccccc3)CCO2)on1. The summed E-state index contributed by atoms with van der Waals surface area (Å²) in [6.45, 7) is 7.85. The first kappa shape index (κ1) is 19.6. The fourth-order valence-corrected chi connectivity index (χ4v) is 3.31. The van der Waals surface area contributed by atoms with E-state index < -0.39 is 0 Å². The highest BCUT2D eigenvalue weighted by atomic mass is 16.5. The lowest BCUT2D eigenvalue weighted by atomic mass is 10.1. The summed E-state index contributed by atoms with van der Waals surface area (Å²) in [5, 5.41) is 6.95. The first-order valence-electron chi connectivity index (χ1n) is 9.67. The molecule has 27 heavy (non-hydrogen) atoms. The molecule has 3 rings (SSSR count). The van der Waals surface area contributed by atoms with E-state index in [1.165, 1.54) is 5.56 Å². The lowest BCUT2D eigenvalue weighted by Gasteiger charge is -2.32. The molecule has 1 aliphatic heterocycles. The number of carbonyl (C=O) groups is 1. The van der Waals surface area contributed by atoms with Gasteiger partial charge in [0.1, 0.15) is 0 Å². The maximum absolute atomic E-state index is 12.3. The van der Waals surface area contributed by atoms with Crippen molar-refractivity contribution < 1.29 is 14.1 Å². The van der Waals surface area contributed by atoms with Crippen LogP contribution < -0.4 is 5.32 Å². The van der Waals surface area contributed by atoms with E-state index in [-0.39, 0.29) is 12.0 Å². The van der Waals surface area contributed by atoms with E-state index in [0.29, 0.717) is 31.3 Å². The molecule has 1 aliphatic rings. The minimum atomic E-state index is -0.0753. The zero-order chi connectivity index (χ0) is 19.1. The Hall–Kier alpha value is -2.18. The van der Waals surface area contributed by atoms with Gasteiger partial charge >= 0.3 is 0 Å². The van der Waals surface area contributed by atoms with Gasteiger partial charge in [-0.2, -0.15) is 0 Å². The van der Waals surface area contributed by atoms with Crippen molar-refractivity contribution in [3.8, 4) is 0 Å². The van der Waals surface area contributed by atoms with Gasteiger partial charge in [-0.3, -0.25) is 9.69 Å². The topological polar surface area (TPSA) is 67.6 Å². The van der Waals surface area contributed by atoms with Crippen molar-refractivity contribution in [3.05, 3.63) is 53.4 Å². The number of morpholine rings is 1. The van der Waals surface area contributed by atoms with Gasteiger partial charge in [-0.15, -0.1) is 0 Å². The Morgan fingerprint density at radius 2 is 2.15 bits per heavy atom. The summed E-state index contributed by atoms with van der Waals surface area (Å²) in [6.07, 6.45) is 1.16. The summed E-state index contributed by atoms with van der Waals surface area (Å²) < 4.78 is 11.1. The van der Waals surface area contributed by atoms with Crippen molar-refractivity contribution in [1.29, 1.82) is 0 Å². The van der Waals surface area contributed by atoms with Crippen molar-refractivity contribution in [2.45, 2.75) is 45.9 Å². The van der Waals surface area contributed by atoms with Gasteiger partial charge in [-0.05, 0) is 17.9 Å². The molecule has 1 amide bonds. The molecule has 0 bridgehead atoms. The monoisotopic (exact) mass is 371 g/mol. The number of amides is 1. The van der Waals surface area contributed by atoms with Crippen LogP contribution in [0.4, 0.5) is 0 Å². The predicted octanol–water partition coefficient (Wildman–Crippen LogP) is 2.78. The molecule has 2 aromatic rings. The van der Waals surface area contributed by atoms with Crippen LogP contribution in [0.3, 0.4) is 0 Å². The summed E-state index contributed by atoms with van der Waals surface area (Å²) in [7, 11) is 0. The molecular formula is C21H29N3O3. The molecule has 1 unspecified atom stereocenters. The number of hydrogen-bond donors (Lipinski definition) is 1. The first-order valence-corrected chi connectivity index (χ1v) is 9.67. The third-order valence-electron chi connectivity index (χ3n) is 4.57. The third-order valence-corrected chi connectivity index (χ3v) is 4.57. The highest BCUT2D eigenvalue weighted by molar-refractivity contribution is 5.76. The maximum atomic E-state index is 12.3. The van der Waals surface area contributed by atoms with Crippen LogP contribution in [0.15, 0.2) is 40.9 Å². The van der Waals surface area contributed by atoms with E-state index in [1.807, 2.05) is 12.1 Å². The minimum Gasteiger partial charge on any atom is -0.375 e. The minimum absolute atomic E-state index is 0.0247. The molecule has 6 nitrogen and oxygen atoms in total. The number of nitrogens with zero attached hydrogens (tertiary/aromatic N) is 2.